The number of halogens is 1. The topological polar surface area (TPSA) is 31.6 Å². The van der Waals surface area contributed by atoms with Gasteiger partial charge in [-0.25, -0.2) is 0 Å². The van der Waals surface area contributed by atoms with Gasteiger partial charge in [-0.2, -0.15) is 0 Å². The molecule has 0 N–H and O–H groups in total. The molecule has 1 saturated heterocycles. The predicted octanol–water partition coefficient (Wildman–Crippen LogP) is 2.68. The zero-order valence-electron chi connectivity index (χ0n) is 8.30. The number of rotatable bonds is 2. The van der Waals surface area contributed by atoms with E-state index in [1.54, 1.807) is 0 Å². The van der Waals surface area contributed by atoms with Gasteiger partial charge in [0.2, 0.25) is 0 Å². The second kappa shape index (κ2) is 3.93. The summed E-state index contributed by atoms with van der Waals surface area (Å²) in [7, 11) is 0. The van der Waals surface area contributed by atoms with Crippen LogP contribution in [0.25, 0.3) is 0 Å². The van der Waals surface area contributed by atoms with Gasteiger partial charge in [0.25, 0.3) is 0 Å². The fraction of sp³-hybridized carbons (Fsp3) is 0.600. The van der Waals surface area contributed by atoms with Crippen molar-refractivity contribution in [2.45, 2.75) is 26.0 Å². The fourth-order valence-electron chi connectivity index (χ4n) is 1.75. The van der Waals surface area contributed by atoms with E-state index in [9.17, 15) is 0 Å². The molecule has 4 heteroatoms. The van der Waals surface area contributed by atoms with Gasteiger partial charge in [-0.1, -0.05) is 0 Å². The normalized spacial score (nSPS) is 17.9. The van der Waals surface area contributed by atoms with Gasteiger partial charge in [0.05, 0.1) is 24.7 Å². The van der Waals surface area contributed by atoms with Crippen molar-refractivity contribution in [2.75, 3.05) is 13.2 Å². The molecule has 0 atom stereocenters. The minimum atomic E-state index is -0.291. The molecule has 1 aliphatic rings. The van der Waals surface area contributed by atoms with Crippen molar-refractivity contribution in [2.24, 2.45) is 0 Å². The standard InChI is InChI=1S/C10H13ClO3/c1-6-8(5-11)9(7(2)14-6)10-12-3-4-13-10/h10H,3-5H2,1-2H3. The van der Waals surface area contributed by atoms with E-state index in [1.807, 2.05) is 13.8 Å². The number of hydrogen-bond donors (Lipinski definition) is 0. The minimum Gasteiger partial charge on any atom is -0.466 e. The van der Waals surface area contributed by atoms with Crippen LogP contribution in [0.15, 0.2) is 4.42 Å². The predicted molar refractivity (Wildman–Crippen MR) is 52.4 cm³/mol. The number of alkyl halides is 1. The fourth-order valence-corrected chi connectivity index (χ4v) is 2.08. The zero-order valence-corrected chi connectivity index (χ0v) is 9.06. The Morgan fingerprint density at radius 1 is 1.21 bits per heavy atom. The molecule has 0 radical (unpaired) electrons. The molecule has 2 heterocycles. The van der Waals surface area contributed by atoms with Crippen LogP contribution in [0, 0.1) is 13.8 Å². The molecule has 0 bridgehead atoms. The first-order valence-electron chi connectivity index (χ1n) is 4.62. The van der Waals surface area contributed by atoms with E-state index in [0.717, 1.165) is 22.6 Å². The Balaban J connectivity index is 2.38. The van der Waals surface area contributed by atoms with E-state index in [2.05, 4.69) is 0 Å². The molecule has 0 unspecified atom stereocenters. The molecule has 1 aromatic heterocycles. The highest BCUT2D eigenvalue weighted by atomic mass is 35.5. The number of hydrogen-bond acceptors (Lipinski definition) is 3. The monoisotopic (exact) mass is 216 g/mol. The van der Waals surface area contributed by atoms with E-state index >= 15 is 0 Å². The first-order valence-corrected chi connectivity index (χ1v) is 5.15. The molecule has 3 nitrogen and oxygen atoms in total. The highest BCUT2D eigenvalue weighted by Crippen LogP contribution is 2.33. The van der Waals surface area contributed by atoms with Crippen molar-refractivity contribution in [3.63, 3.8) is 0 Å². The molecule has 2 rings (SSSR count). The molecule has 0 amide bonds. The Labute approximate surface area is 87.9 Å². The lowest BCUT2D eigenvalue weighted by Gasteiger charge is -2.09. The lowest BCUT2D eigenvalue weighted by atomic mass is 10.1. The molecule has 78 valence electrons. The minimum absolute atomic E-state index is 0.291. The summed E-state index contributed by atoms with van der Waals surface area (Å²) in [6, 6.07) is 0. The summed E-state index contributed by atoms with van der Waals surface area (Å²) in [5, 5.41) is 0. The molecular formula is C10H13ClO3. The molecule has 0 saturated carbocycles. The van der Waals surface area contributed by atoms with Crippen molar-refractivity contribution in [1.82, 2.24) is 0 Å². The summed E-state index contributed by atoms with van der Waals surface area (Å²) in [6.45, 7) is 5.08. The maximum absolute atomic E-state index is 5.86. The van der Waals surface area contributed by atoms with Gasteiger partial charge in [0.15, 0.2) is 6.29 Å². The Hall–Kier alpha value is -0.510. The molecular weight excluding hydrogens is 204 g/mol. The third kappa shape index (κ3) is 1.56. The number of furan rings is 1. The average molecular weight is 217 g/mol. The van der Waals surface area contributed by atoms with Crippen molar-refractivity contribution < 1.29 is 13.9 Å². The molecule has 0 spiro atoms. The SMILES string of the molecule is Cc1oc(C)c(C2OCCO2)c1CCl. The van der Waals surface area contributed by atoms with Crippen LogP contribution in [0.4, 0.5) is 0 Å². The number of aryl methyl sites for hydroxylation is 2. The van der Waals surface area contributed by atoms with E-state index < -0.39 is 0 Å². The van der Waals surface area contributed by atoms with E-state index in [0.29, 0.717) is 19.1 Å². The quantitative estimate of drug-likeness (QED) is 0.713. The van der Waals surface area contributed by atoms with Crippen molar-refractivity contribution in [1.29, 1.82) is 0 Å². The highest BCUT2D eigenvalue weighted by molar-refractivity contribution is 6.17. The third-order valence-electron chi connectivity index (χ3n) is 2.43. The molecule has 0 aromatic carbocycles. The van der Waals surface area contributed by atoms with E-state index in [1.165, 1.54) is 0 Å². The Morgan fingerprint density at radius 3 is 2.43 bits per heavy atom. The first kappa shape index (κ1) is 10.0. The van der Waals surface area contributed by atoms with Crippen LogP contribution in [0.3, 0.4) is 0 Å². The van der Waals surface area contributed by atoms with Crippen LogP contribution < -0.4 is 0 Å². The average Bonchev–Trinajstić information content (AvgIpc) is 2.72. The van der Waals surface area contributed by atoms with Gasteiger partial charge in [-0.3, -0.25) is 0 Å². The summed E-state index contributed by atoms with van der Waals surface area (Å²) in [5.74, 6) is 2.12. The van der Waals surface area contributed by atoms with E-state index in [-0.39, 0.29) is 6.29 Å². The van der Waals surface area contributed by atoms with Crippen LogP contribution in [0.2, 0.25) is 0 Å². The van der Waals surface area contributed by atoms with Crippen molar-refractivity contribution in [3.8, 4) is 0 Å². The van der Waals surface area contributed by atoms with Crippen molar-refractivity contribution in [3.05, 3.63) is 22.6 Å². The second-order valence-corrected chi connectivity index (χ2v) is 3.58. The maximum Gasteiger partial charge on any atom is 0.187 e. The molecule has 1 fully saturated rings. The van der Waals surface area contributed by atoms with Crippen molar-refractivity contribution >= 4 is 11.6 Å². The zero-order chi connectivity index (χ0) is 10.1. The summed E-state index contributed by atoms with van der Waals surface area (Å²) in [4.78, 5) is 0. The summed E-state index contributed by atoms with van der Waals surface area (Å²) >= 11 is 5.86. The van der Waals surface area contributed by atoms with Crippen LogP contribution in [0.5, 0.6) is 0 Å². The molecule has 1 aromatic rings. The van der Waals surface area contributed by atoms with Crippen LogP contribution in [-0.2, 0) is 15.4 Å². The van der Waals surface area contributed by atoms with Gasteiger partial charge in [0, 0.05) is 5.56 Å². The smallest absolute Gasteiger partial charge is 0.187 e. The van der Waals surface area contributed by atoms with Gasteiger partial charge in [-0.05, 0) is 13.8 Å². The highest BCUT2D eigenvalue weighted by Gasteiger charge is 2.27. The molecule has 0 aliphatic carbocycles. The lowest BCUT2D eigenvalue weighted by molar-refractivity contribution is -0.0454. The van der Waals surface area contributed by atoms with Gasteiger partial charge < -0.3 is 13.9 Å². The van der Waals surface area contributed by atoms with Gasteiger partial charge in [-0.15, -0.1) is 11.6 Å². The Morgan fingerprint density at radius 2 is 1.86 bits per heavy atom. The summed E-state index contributed by atoms with van der Waals surface area (Å²) < 4.78 is 16.4. The van der Waals surface area contributed by atoms with Crippen LogP contribution in [-0.4, -0.2) is 13.2 Å². The Kier molecular flexibility index (Phi) is 2.81. The molecule has 14 heavy (non-hydrogen) atoms. The van der Waals surface area contributed by atoms with Gasteiger partial charge >= 0.3 is 0 Å². The maximum atomic E-state index is 5.86. The number of ether oxygens (including phenoxy) is 2. The van der Waals surface area contributed by atoms with Gasteiger partial charge in [0.1, 0.15) is 11.5 Å². The summed E-state index contributed by atoms with van der Waals surface area (Å²) in [6.07, 6.45) is -0.291. The first-order chi connectivity index (χ1) is 6.74. The third-order valence-corrected chi connectivity index (χ3v) is 2.69. The second-order valence-electron chi connectivity index (χ2n) is 3.31. The lowest BCUT2D eigenvalue weighted by Crippen LogP contribution is -2.01. The Bertz CT molecular complexity index is 326. The van der Waals surface area contributed by atoms with Crippen LogP contribution in [0.1, 0.15) is 28.9 Å². The van der Waals surface area contributed by atoms with Crippen LogP contribution >= 0.6 is 11.6 Å². The summed E-state index contributed by atoms with van der Waals surface area (Å²) in [5.41, 5.74) is 1.96. The van der Waals surface area contributed by atoms with E-state index in [4.69, 9.17) is 25.5 Å². The largest absolute Gasteiger partial charge is 0.466 e. The molecule has 1 aliphatic heterocycles.